The van der Waals surface area contributed by atoms with Gasteiger partial charge < -0.3 is 14.2 Å². The van der Waals surface area contributed by atoms with Crippen LogP contribution in [0.25, 0.3) is 0 Å². The average Bonchev–Trinajstić information content (AvgIpc) is 3.34. The normalized spacial score (nSPS) is 12.3. The Morgan fingerprint density at radius 1 is 0.294 bits per heavy atom. The Labute approximate surface area is 422 Å². The molecule has 0 radical (unpaired) electrons. The number of hydrogen-bond donors (Lipinski definition) is 0. The lowest BCUT2D eigenvalue weighted by molar-refractivity contribution is -0.167. The van der Waals surface area contributed by atoms with Crippen molar-refractivity contribution < 1.29 is 28.6 Å². The molecule has 0 rings (SSSR count). The molecule has 0 aromatic carbocycles. The van der Waals surface area contributed by atoms with Crippen molar-refractivity contribution in [1.82, 2.24) is 0 Å². The van der Waals surface area contributed by atoms with E-state index < -0.39 is 6.10 Å². The van der Waals surface area contributed by atoms with Gasteiger partial charge in [0.05, 0.1) is 0 Å². The first kappa shape index (κ1) is 65.4. The summed E-state index contributed by atoms with van der Waals surface area (Å²) >= 11 is 0. The first-order valence-corrected chi connectivity index (χ1v) is 29.6. The van der Waals surface area contributed by atoms with Crippen LogP contribution < -0.4 is 0 Å². The summed E-state index contributed by atoms with van der Waals surface area (Å²) in [6.07, 6.45) is 69.6. The molecule has 0 aliphatic carbocycles. The van der Waals surface area contributed by atoms with Crippen LogP contribution in [0.1, 0.15) is 310 Å². The van der Waals surface area contributed by atoms with Gasteiger partial charge in [0.25, 0.3) is 0 Å². The van der Waals surface area contributed by atoms with E-state index in [9.17, 15) is 14.4 Å². The highest BCUT2D eigenvalue weighted by atomic mass is 16.6. The van der Waals surface area contributed by atoms with E-state index in [0.717, 1.165) is 89.9 Å². The third kappa shape index (κ3) is 54.3. The Balaban J connectivity index is 4.34. The van der Waals surface area contributed by atoms with Gasteiger partial charge in [-0.15, -0.1) is 0 Å². The van der Waals surface area contributed by atoms with E-state index in [1.807, 2.05) is 0 Å². The number of carbonyl (C=O) groups excluding carboxylic acids is 3. The Morgan fingerprint density at radius 2 is 0.529 bits per heavy atom. The fourth-order valence-corrected chi connectivity index (χ4v) is 8.52. The van der Waals surface area contributed by atoms with Gasteiger partial charge in [0.15, 0.2) is 6.10 Å². The Bertz CT molecular complexity index is 1190. The molecule has 6 nitrogen and oxygen atoms in total. The Kier molecular flexibility index (Phi) is 54.8. The number of ether oxygens (including phenoxy) is 3. The molecule has 0 amide bonds. The van der Waals surface area contributed by atoms with Gasteiger partial charge >= 0.3 is 17.9 Å². The molecular formula is C62H112O6. The van der Waals surface area contributed by atoms with Crippen LogP contribution in [-0.2, 0) is 28.6 Å². The van der Waals surface area contributed by atoms with E-state index in [0.29, 0.717) is 19.3 Å². The molecule has 0 heterocycles. The zero-order valence-electron chi connectivity index (χ0n) is 45.4. The molecule has 396 valence electrons. The van der Waals surface area contributed by atoms with E-state index in [4.69, 9.17) is 14.2 Å². The molecule has 1 atom stereocenters. The second kappa shape index (κ2) is 57.0. The van der Waals surface area contributed by atoms with E-state index in [2.05, 4.69) is 69.4 Å². The van der Waals surface area contributed by atoms with Crippen LogP contribution in [0.4, 0.5) is 0 Å². The van der Waals surface area contributed by atoms with Crippen LogP contribution in [0.15, 0.2) is 48.6 Å². The van der Waals surface area contributed by atoms with Crippen molar-refractivity contribution in [2.75, 3.05) is 13.2 Å². The number of rotatable bonds is 54. The fraction of sp³-hybridized carbons (Fsp3) is 0.823. The highest BCUT2D eigenvalue weighted by Crippen LogP contribution is 2.16. The second-order valence-corrected chi connectivity index (χ2v) is 19.9. The highest BCUT2D eigenvalue weighted by Gasteiger charge is 2.19. The number of allylic oxidation sites excluding steroid dienone is 8. The summed E-state index contributed by atoms with van der Waals surface area (Å²) < 4.78 is 16.9. The maximum Gasteiger partial charge on any atom is 0.306 e. The van der Waals surface area contributed by atoms with Crippen molar-refractivity contribution in [1.29, 1.82) is 0 Å². The van der Waals surface area contributed by atoms with Crippen molar-refractivity contribution in [2.24, 2.45) is 0 Å². The topological polar surface area (TPSA) is 78.9 Å². The molecule has 0 saturated heterocycles. The van der Waals surface area contributed by atoms with Gasteiger partial charge in [-0.2, -0.15) is 0 Å². The molecule has 0 fully saturated rings. The van der Waals surface area contributed by atoms with Gasteiger partial charge in [-0.05, 0) is 103 Å². The molecule has 6 heteroatoms. The summed E-state index contributed by atoms with van der Waals surface area (Å²) in [7, 11) is 0. The molecule has 0 bridgehead atoms. The minimum absolute atomic E-state index is 0.0810. The van der Waals surface area contributed by atoms with E-state index in [1.165, 1.54) is 180 Å². The summed E-state index contributed by atoms with van der Waals surface area (Å²) in [6, 6.07) is 0. The monoisotopic (exact) mass is 953 g/mol. The van der Waals surface area contributed by atoms with Crippen LogP contribution in [0.2, 0.25) is 0 Å². The number of hydrogen-bond acceptors (Lipinski definition) is 6. The molecule has 68 heavy (non-hydrogen) atoms. The lowest BCUT2D eigenvalue weighted by Gasteiger charge is -2.18. The summed E-state index contributed by atoms with van der Waals surface area (Å²) in [4.78, 5) is 38.2. The average molecular weight is 954 g/mol. The van der Waals surface area contributed by atoms with Crippen LogP contribution >= 0.6 is 0 Å². The molecular weight excluding hydrogens is 841 g/mol. The van der Waals surface area contributed by atoms with Crippen molar-refractivity contribution >= 4 is 17.9 Å². The number of unbranched alkanes of at least 4 members (excludes halogenated alkanes) is 35. The second-order valence-electron chi connectivity index (χ2n) is 19.9. The summed E-state index contributed by atoms with van der Waals surface area (Å²) in [5.74, 6) is -0.892. The molecule has 0 spiro atoms. The third-order valence-electron chi connectivity index (χ3n) is 13.0. The minimum Gasteiger partial charge on any atom is -0.462 e. The van der Waals surface area contributed by atoms with E-state index in [1.54, 1.807) is 0 Å². The summed E-state index contributed by atoms with van der Waals surface area (Å²) in [5, 5.41) is 0. The smallest absolute Gasteiger partial charge is 0.306 e. The zero-order valence-corrected chi connectivity index (χ0v) is 45.4. The van der Waals surface area contributed by atoms with Gasteiger partial charge in [-0.1, -0.05) is 236 Å². The third-order valence-corrected chi connectivity index (χ3v) is 13.0. The predicted octanol–water partition coefficient (Wildman–Crippen LogP) is 19.8. The molecule has 0 aliphatic rings. The summed E-state index contributed by atoms with van der Waals surface area (Å²) in [6.45, 7) is 6.62. The predicted molar refractivity (Wildman–Crippen MR) is 293 cm³/mol. The van der Waals surface area contributed by atoms with Crippen molar-refractivity contribution in [3.63, 3.8) is 0 Å². The Hall–Kier alpha value is -2.63. The number of esters is 3. The van der Waals surface area contributed by atoms with E-state index in [-0.39, 0.29) is 31.1 Å². The van der Waals surface area contributed by atoms with Gasteiger partial charge in [-0.25, -0.2) is 0 Å². The van der Waals surface area contributed by atoms with Crippen molar-refractivity contribution in [2.45, 2.75) is 316 Å². The zero-order chi connectivity index (χ0) is 49.3. The largest absolute Gasteiger partial charge is 0.462 e. The summed E-state index contributed by atoms with van der Waals surface area (Å²) in [5.41, 5.74) is 0. The van der Waals surface area contributed by atoms with Gasteiger partial charge in [-0.3, -0.25) is 14.4 Å². The van der Waals surface area contributed by atoms with Crippen LogP contribution in [0, 0.1) is 0 Å². The van der Waals surface area contributed by atoms with Crippen LogP contribution in [0.5, 0.6) is 0 Å². The Morgan fingerprint density at radius 3 is 0.853 bits per heavy atom. The van der Waals surface area contributed by atoms with E-state index >= 15 is 0 Å². The quantitative estimate of drug-likeness (QED) is 0.0262. The van der Waals surface area contributed by atoms with Crippen molar-refractivity contribution in [3.05, 3.63) is 48.6 Å². The van der Waals surface area contributed by atoms with Gasteiger partial charge in [0.2, 0.25) is 0 Å². The first-order valence-electron chi connectivity index (χ1n) is 29.6. The van der Waals surface area contributed by atoms with Crippen molar-refractivity contribution in [3.8, 4) is 0 Å². The molecule has 0 aliphatic heterocycles. The first-order chi connectivity index (χ1) is 33.5. The molecule has 0 saturated carbocycles. The highest BCUT2D eigenvalue weighted by molar-refractivity contribution is 5.71. The molecule has 0 aromatic rings. The van der Waals surface area contributed by atoms with Gasteiger partial charge in [0.1, 0.15) is 13.2 Å². The molecule has 0 aromatic heterocycles. The minimum atomic E-state index is -0.784. The standard InChI is InChI=1S/C62H112O6/c1-4-7-10-13-16-19-22-25-28-29-30-31-32-33-35-37-40-43-46-49-52-55-61(64)67-58-59(57-66-60(63)54-51-48-45-42-39-36-27-24-21-18-15-12-9-6-3)68-62(65)56-53-50-47-44-41-38-34-26-23-20-17-14-11-8-5-2/h17,20,24,26-27,29-30,34,59H,4-16,18-19,21-23,25,28,31-33,35-58H2,1-3H3/b20-17-,27-24-,30-29-,34-26-. The lowest BCUT2D eigenvalue weighted by Crippen LogP contribution is -2.30. The fourth-order valence-electron chi connectivity index (χ4n) is 8.52. The molecule has 0 N–H and O–H groups in total. The van der Waals surface area contributed by atoms with Crippen LogP contribution in [-0.4, -0.2) is 37.2 Å². The maximum absolute atomic E-state index is 12.8. The lowest BCUT2D eigenvalue weighted by atomic mass is 10.1. The van der Waals surface area contributed by atoms with Crippen LogP contribution in [0.3, 0.4) is 0 Å². The SMILES string of the molecule is CCCCC/C=C\C/C=C\CCCCCCCC(=O)OC(COC(=O)CCCCCCC/C=C\CCCCCCC)COC(=O)CCCCCCCCCCC/C=C\CCCCCCCCCC. The maximum atomic E-state index is 12.8. The number of carbonyl (C=O) groups is 3. The molecule has 1 unspecified atom stereocenters. The van der Waals surface area contributed by atoms with Gasteiger partial charge in [0, 0.05) is 19.3 Å².